The Morgan fingerprint density at radius 2 is 2.24 bits per heavy atom. The molecular weight excluding hydrogens is 288 g/mol. The number of amides is 1. The van der Waals surface area contributed by atoms with Gasteiger partial charge in [-0.1, -0.05) is 13.8 Å². The number of rotatable bonds is 7. The molecule has 1 aliphatic rings. The zero-order chi connectivity index (χ0) is 15.4. The molecule has 0 unspecified atom stereocenters. The van der Waals surface area contributed by atoms with Crippen LogP contribution in [-0.4, -0.2) is 40.9 Å². The molecule has 0 spiro atoms. The molecule has 0 aromatic carbocycles. The predicted molar refractivity (Wildman–Crippen MR) is 84.6 cm³/mol. The van der Waals surface area contributed by atoms with Crippen LogP contribution in [0, 0.1) is 5.92 Å². The number of nitrogens with one attached hydrogen (secondary N) is 1. The van der Waals surface area contributed by atoms with Gasteiger partial charge in [-0.05, 0) is 36.8 Å². The third-order valence-electron chi connectivity index (χ3n) is 3.64. The smallest absolute Gasteiger partial charge is 0.224 e. The van der Waals surface area contributed by atoms with Crippen LogP contribution in [0.1, 0.15) is 44.6 Å². The van der Waals surface area contributed by atoms with Crippen molar-refractivity contribution < 1.29 is 4.79 Å². The quantitative estimate of drug-likeness (QED) is 0.621. The van der Waals surface area contributed by atoms with Crippen molar-refractivity contribution >= 4 is 23.3 Å². The summed E-state index contributed by atoms with van der Waals surface area (Å²) < 4.78 is 0. The molecule has 6 heteroatoms. The third-order valence-corrected chi connectivity index (χ3v) is 3.82. The van der Waals surface area contributed by atoms with Gasteiger partial charge in [0.05, 0.1) is 0 Å². The first-order valence-electron chi connectivity index (χ1n) is 7.50. The van der Waals surface area contributed by atoms with Crippen LogP contribution in [0.15, 0.2) is 6.20 Å². The Morgan fingerprint density at radius 3 is 2.86 bits per heavy atom. The van der Waals surface area contributed by atoms with Crippen molar-refractivity contribution in [1.82, 2.24) is 14.9 Å². The highest BCUT2D eigenvalue weighted by Gasteiger charge is 2.27. The predicted octanol–water partition coefficient (Wildman–Crippen LogP) is 2.92. The van der Waals surface area contributed by atoms with E-state index in [4.69, 9.17) is 11.6 Å². The minimum absolute atomic E-state index is 0.0464. The number of anilines is 1. The number of halogens is 1. The first kappa shape index (κ1) is 16.0. The SMILES string of the molecule is CC(C)C(=O)N(C)CCCNc1nc(Cl)ncc1C1CC1. The number of hydrogen-bond acceptors (Lipinski definition) is 4. The number of carbonyl (C=O) groups is 1. The molecule has 21 heavy (non-hydrogen) atoms. The lowest BCUT2D eigenvalue weighted by molar-refractivity contribution is -0.133. The van der Waals surface area contributed by atoms with Gasteiger partial charge in [-0.15, -0.1) is 0 Å². The van der Waals surface area contributed by atoms with Gasteiger partial charge >= 0.3 is 0 Å². The first-order chi connectivity index (χ1) is 9.99. The summed E-state index contributed by atoms with van der Waals surface area (Å²) in [5, 5.41) is 3.60. The highest BCUT2D eigenvalue weighted by molar-refractivity contribution is 6.28. The summed E-state index contributed by atoms with van der Waals surface area (Å²) >= 11 is 5.87. The second-order valence-corrected chi connectivity index (χ2v) is 6.25. The maximum Gasteiger partial charge on any atom is 0.224 e. The standard InChI is InChI=1S/C15H23ClN4O/c1-10(2)14(21)20(3)8-4-7-17-13-12(11-5-6-11)9-18-15(16)19-13/h9-11H,4-8H2,1-3H3,(H,17,18,19). The maximum absolute atomic E-state index is 11.8. The fourth-order valence-corrected chi connectivity index (χ4v) is 2.41. The Kier molecular flexibility index (Phi) is 5.39. The number of nitrogens with zero attached hydrogens (tertiary/aromatic N) is 3. The Hall–Kier alpha value is -1.36. The van der Waals surface area contributed by atoms with E-state index in [-0.39, 0.29) is 17.1 Å². The van der Waals surface area contributed by atoms with Crippen LogP contribution in [0.3, 0.4) is 0 Å². The largest absolute Gasteiger partial charge is 0.370 e. The van der Waals surface area contributed by atoms with E-state index in [0.717, 1.165) is 30.9 Å². The average Bonchev–Trinajstić information content (AvgIpc) is 3.27. The monoisotopic (exact) mass is 310 g/mol. The van der Waals surface area contributed by atoms with Crippen molar-refractivity contribution in [3.63, 3.8) is 0 Å². The van der Waals surface area contributed by atoms with Gasteiger partial charge in [0, 0.05) is 37.8 Å². The van der Waals surface area contributed by atoms with Crippen LogP contribution in [0.2, 0.25) is 5.28 Å². The van der Waals surface area contributed by atoms with Crippen molar-refractivity contribution in [2.75, 3.05) is 25.5 Å². The third kappa shape index (κ3) is 4.56. The van der Waals surface area contributed by atoms with E-state index in [0.29, 0.717) is 5.92 Å². The zero-order valence-electron chi connectivity index (χ0n) is 12.9. The minimum Gasteiger partial charge on any atom is -0.370 e. The fourth-order valence-electron chi connectivity index (χ4n) is 2.28. The van der Waals surface area contributed by atoms with Crippen molar-refractivity contribution in [3.8, 4) is 0 Å². The lowest BCUT2D eigenvalue weighted by Crippen LogP contribution is -2.32. The molecule has 0 atom stereocenters. The summed E-state index contributed by atoms with van der Waals surface area (Å²) in [5.41, 5.74) is 1.16. The maximum atomic E-state index is 11.8. The molecule has 1 heterocycles. The van der Waals surface area contributed by atoms with Crippen molar-refractivity contribution in [2.24, 2.45) is 5.92 Å². The van der Waals surface area contributed by atoms with Gasteiger partial charge in [-0.2, -0.15) is 0 Å². The molecule has 2 rings (SSSR count). The molecule has 116 valence electrons. The molecular formula is C15H23ClN4O. The van der Waals surface area contributed by atoms with Crippen LogP contribution in [0.25, 0.3) is 0 Å². The van der Waals surface area contributed by atoms with Crippen LogP contribution in [-0.2, 0) is 4.79 Å². The van der Waals surface area contributed by atoms with Gasteiger partial charge in [-0.25, -0.2) is 9.97 Å². The number of aromatic nitrogens is 2. The van der Waals surface area contributed by atoms with Crippen LogP contribution >= 0.6 is 11.6 Å². The Balaban J connectivity index is 1.81. The molecule has 0 saturated heterocycles. The highest BCUT2D eigenvalue weighted by Crippen LogP contribution is 2.42. The second-order valence-electron chi connectivity index (χ2n) is 5.91. The minimum atomic E-state index is 0.0464. The van der Waals surface area contributed by atoms with E-state index >= 15 is 0 Å². The van der Waals surface area contributed by atoms with E-state index in [1.54, 1.807) is 4.90 Å². The molecule has 0 radical (unpaired) electrons. The molecule has 0 bridgehead atoms. The lowest BCUT2D eigenvalue weighted by Gasteiger charge is -2.19. The summed E-state index contributed by atoms with van der Waals surface area (Å²) in [6.07, 6.45) is 5.10. The fraction of sp³-hybridized carbons (Fsp3) is 0.667. The van der Waals surface area contributed by atoms with E-state index in [1.807, 2.05) is 27.1 Å². The summed E-state index contributed by atoms with van der Waals surface area (Å²) in [5.74, 6) is 1.65. The Labute approximate surface area is 131 Å². The van der Waals surface area contributed by atoms with Crippen molar-refractivity contribution in [2.45, 2.75) is 39.0 Å². The number of hydrogen-bond donors (Lipinski definition) is 1. The van der Waals surface area contributed by atoms with Crippen LogP contribution < -0.4 is 5.32 Å². The van der Waals surface area contributed by atoms with E-state index < -0.39 is 0 Å². The van der Waals surface area contributed by atoms with E-state index in [9.17, 15) is 4.79 Å². The van der Waals surface area contributed by atoms with Gasteiger partial charge in [0.2, 0.25) is 11.2 Å². The summed E-state index contributed by atoms with van der Waals surface area (Å²) in [6.45, 7) is 5.34. The van der Waals surface area contributed by atoms with E-state index in [2.05, 4.69) is 15.3 Å². The summed E-state index contributed by atoms with van der Waals surface area (Å²) in [7, 11) is 1.85. The first-order valence-corrected chi connectivity index (χ1v) is 7.88. The summed E-state index contributed by atoms with van der Waals surface area (Å²) in [4.78, 5) is 21.9. The molecule has 0 aliphatic heterocycles. The normalized spacial score (nSPS) is 14.3. The highest BCUT2D eigenvalue weighted by atomic mass is 35.5. The van der Waals surface area contributed by atoms with Gasteiger partial charge in [0.25, 0.3) is 0 Å². The molecule has 1 aliphatic carbocycles. The van der Waals surface area contributed by atoms with Crippen LogP contribution in [0.5, 0.6) is 0 Å². The Morgan fingerprint density at radius 1 is 1.52 bits per heavy atom. The molecule has 1 saturated carbocycles. The average molecular weight is 311 g/mol. The van der Waals surface area contributed by atoms with Gasteiger partial charge in [-0.3, -0.25) is 4.79 Å². The van der Waals surface area contributed by atoms with Crippen molar-refractivity contribution in [3.05, 3.63) is 17.0 Å². The number of carbonyl (C=O) groups excluding carboxylic acids is 1. The molecule has 1 N–H and O–H groups in total. The molecule has 1 aromatic heterocycles. The van der Waals surface area contributed by atoms with Gasteiger partial charge in [0.15, 0.2) is 0 Å². The summed E-state index contributed by atoms with van der Waals surface area (Å²) in [6, 6.07) is 0. The van der Waals surface area contributed by atoms with E-state index in [1.165, 1.54) is 12.8 Å². The molecule has 1 amide bonds. The Bertz CT molecular complexity index is 502. The molecule has 1 aromatic rings. The topological polar surface area (TPSA) is 58.1 Å². The molecule has 5 nitrogen and oxygen atoms in total. The van der Waals surface area contributed by atoms with Crippen LogP contribution in [0.4, 0.5) is 5.82 Å². The van der Waals surface area contributed by atoms with Crippen molar-refractivity contribution in [1.29, 1.82) is 0 Å². The molecule has 1 fully saturated rings. The van der Waals surface area contributed by atoms with Gasteiger partial charge in [0.1, 0.15) is 5.82 Å². The zero-order valence-corrected chi connectivity index (χ0v) is 13.7. The lowest BCUT2D eigenvalue weighted by atomic mass is 10.2. The second kappa shape index (κ2) is 7.07. The van der Waals surface area contributed by atoms with Gasteiger partial charge < -0.3 is 10.2 Å².